The van der Waals surface area contributed by atoms with Crippen molar-refractivity contribution in [3.63, 3.8) is 0 Å². The zero-order valence-electron chi connectivity index (χ0n) is 17.0. The summed E-state index contributed by atoms with van der Waals surface area (Å²) in [4.78, 5) is 27.6. The summed E-state index contributed by atoms with van der Waals surface area (Å²) in [5.74, 6) is -0.346. The highest BCUT2D eigenvalue weighted by Gasteiger charge is 2.21. The van der Waals surface area contributed by atoms with Gasteiger partial charge in [-0.3, -0.25) is 14.5 Å². The van der Waals surface area contributed by atoms with Crippen LogP contribution in [0.1, 0.15) is 41.7 Å². The molecule has 2 aromatic rings. The predicted octanol–water partition coefficient (Wildman–Crippen LogP) is 4.44. The minimum Gasteiger partial charge on any atom is -0.324 e. The lowest BCUT2D eigenvalue weighted by Crippen LogP contribution is -2.32. The van der Waals surface area contributed by atoms with Gasteiger partial charge in [-0.15, -0.1) is 11.3 Å². The Morgan fingerprint density at radius 1 is 1.17 bits per heavy atom. The maximum absolute atomic E-state index is 12.4. The van der Waals surface area contributed by atoms with Crippen LogP contribution in [0.5, 0.6) is 0 Å². The fourth-order valence-corrected chi connectivity index (χ4v) is 4.95. The monoisotopic (exact) mass is 444 g/mol. The van der Waals surface area contributed by atoms with E-state index in [9.17, 15) is 14.9 Å². The number of para-hydroxylation sites is 1. The van der Waals surface area contributed by atoms with E-state index in [1.807, 2.05) is 0 Å². The Morgan fingerprint density at radius 3 is 2.70 bits per heavy atom. The fraction of sp³-hybridized carbons (Fsp3) is 0.409. The van der Waals surface area contributed by atoms with Gasteiger partial charge in [0, 0.05) is 17.8 Å². The Labute approximate surface area is 185 Å². The van der Waals surface area contributed by atoms with Gasteiger partial charge in [0.1, 0.15) is 11.1 Å². The third-order valence-electron chi connectivity index (χ3n) is 5.07. The van der Waals surface area contributed by atoms with Gasteiger partial charge >= 0.3 is 0 Å². The number of fused-ring (bicyclic) bond motifs is 1. The molecule has 0 unspecified atom stereocenters. The fourth-order valence-electron chi connectivity index (χ4n) is 3.51. The summed E-state index contributed by atoms with van der Waals surface area (Å²) in [5.41, 5.74) is 2.30. The van der Waals surface area contributed by atoms with Crippen molar-refractivity contribution in [1.29, 1.82) is 5.26 Å². The second-order valence-electron chi connectivity index (χ2n) is 7.44. The van der Waals surface area contributed by atoms with E-state index in [1.165, 1.54) is 22.6 Å². The largest absolute Gasteiger partial charge is 0.324 e. The second kappa shape index (κ2) is 10.6. The van der Waals surface area contributed by atoms with E-state index in [0.717, 1.165) is 31.2 Å². The Balaban J connectivity index is 1.49. The third-order valence-corrected chi connectivity index (χ3v) is 6.60. The lowest BCUT2D eigenvalue weighted by molar-refractivity contribution is -0.119. The highest BCUT2D eigenvalue weighted by atomic mass is 35.5. The molecule has 2 N–H and O–H groups in total. The molecule has 3 rings (SSSR count). The maximum Gasteiger partial charge on any atom is 0.238 e. The molecule has 0 saturated heterocycles. The number of nitrogens with zero attached hydrogens (tertiary/aromatic N) is 2. The van der Waals surface area contributed by atoms with Crippen LogP contribution >= 0.6 is 22.9 Å². The van der Waals surface area contributed by atoms with Gasteiger partial charge in [0.15, 0.2) is 0 Å². The predicted molar refractivity (Wildman–Crippen MR) is 121 cm³/mol. The van der Waals surface area contributed by atoms with Crippen molar-refractivity contribution in [1.82, 2.24) is 4.90 Å². The maximum atomic E-state index is 12.4. The molecule has 1 aliphatic rings. The number of hydrogen-bond donors (Lipinski definition) is 2. The molecule has 0 fully saturated rings. The van der Waals surface area contributed by atoms with Crippen LogP contribution in [0.4, 0.5) is 10.7 Å². The van der Waals surface area contributed by atoms with Crippen LogP contribution < -0.4 is 10.6 Å². The number of thiophene rings is 1. The first kappa shape index (κ1) is 22.3. The molecule has 1 aliphatic carbocycles. The van der Waals surface area contributed by atoms with Crippen LogP contribution in [0, 0.1) is 11.3 Å². The van der Waals surface area contributed by atoms with E-state index in [2.05, 4.69) is 16.7 Å². The normalized spacial score (nSPS) is 13.3. The number of halogens is 1. The first-order valence-corrected chi connectivity index (χ1v) is 11.2. The minimum absolute atomic E-state index is 0.148. The molecule has 8 heteroatoms. The van der Waals surface area contributed by atoms with Gasteiger partial charge in [-0.05, 0) is 50.4 Å². The van der Waals surface area contributed by atoms with E-state index in [0.29, 0.717) is 27.8 Å². The summed E-state index contributed by atoms with van der Waals surface area (Å²) in [7, 11) is 1.79. The number of carbonyl (C=O) groups is 2. The van der Waals surface area contributed by atoms with Gasteiger partial charge in [-0.1, -0.05) is 30.2 Å². The van der Waals surface area contributed by atoms with Crippen LogP contribution in [0.15, 0.2) is 24.3 Å². The number of nitrogens with one attached hydrogen (secondary N) is 2. The molecule has 1 aromatic heterocycles. The van der Waals surface area contributed by atoms with Crippen molar-refractivity contribution in [3.8, 4) is 6.07 Å². The zero-order chi connectivity index (χ0) is 21.5. The Kier molecular flexibility index (Phi) is 7.86. The molecule has 0 radical (unpaired) electrons. The molecule has 1 heterocycles. The van der Waals surface area contributed by atoms with Crippen molar-refractivity contribution >= 4 is 45.4 Å². The third kappa shape index (κ3) is 5.82. The smallest absolute Gasteiger partial charge is 0.238 e. The highest BCUT2D eigenvalue weighted by molar-refractivity contribution is 7.16. The van der Waals surface area contributed by atoms with Gasteiger partial charge in [0.05, 0.1) is 22.8 Å². The van der Waals surface area contributed by atoms with E-state index in [4.69, 9.17) is 11.6 Å². The van der Waals surface area contributed by atoms with Crippen molar-refractivity contribution < 1.29 is 9.59 Å². The lowest BCUT2D eigenvalue weighted by Gasteiger charge is -2.16. The molecular formula is C22H25ClN4O2S. The zero-order valence-corrected chi connectivity index (χ0v) is 18.5. The SMILES string of the molecule is CN(CCC(=O)Nc1sc2c(c1C#N)CCCCC2)CC(=O)Nc1ccccc1Cl. The van der Waals surface area contributed by atoms with Crippen LogP contribution in [0.3, 0.4) is 0 Å². The number of aryl methyl sites for hydroxylation is 1. The first-order chi connectivity index (χ1) is 14.5. The molecule has 0 aliphatic heterocycles. The van der Waals surface area contributed by atoms with Gasteiger partial charge in [0.25, 0.3) is 0 Å². The van der Waals surface area contributed by atoms with Crippen LogP contribution in [-0.4, -0.2) is 36.9 Å². The number of nitriles is 1. The number of amides is 2. The number of likely N-dealkylation sites (N-methyl/N-ethyl adjacent to an activating group) is 1. The number of anilines is 2. The lowest BCUT2D eigenvalue weighted by atomic mass is 10.1. The summed E-state index contributed by atoms with van der Waals surface area (Å²) >= 11 is 7.58. The van der Waals surface area contributed by atoms with Gasteiger partial charge in [-0.25, -0.2) is 0 Å². The van der Waals surface area contributed by atoms with E-state index >= 15 is 0 Å². The Hall–Kier alpha value is -2.40. The topological polar surface area (TPSA) is 85.2 Å². The molecule has 0 atom stereocenters. The second-order valence-corrected chi connectivity index (χ2v) is 8.96. The average Bonchev–Trinajstić information content (AvgIpc) is 2.87. The van der Waals surface area contributed by atoms with Crippen molar-refractivity contribution in [3.05, 3.63) is 45.3 Å². The van der Waals surface area contributed by atoms with E-state index in [-0.39, 0.29) is 24.8 Å². The highest BCUT2D eigenvalue weighted by Crippen LogP contribution is 2.37. The van der Waals surface area contributed by atoms with Gasteiger partial charge in [0.2, 0.25) is 11.8 Å². The van der Waals surface area contributed by atoms with E-state index < -0.39 is 0 Å². The molecule has 30 heavy (non-hydrogen) atoms. The summed E-state index contributed by atoms with van der Waals surface area (Å²) in [5, 5.41) is 16.4. The van der Waals surface area contributed by atoms with Gasteiger partial charge < -0.3 is 10.6 Å². The summed E-state index contributed by atoms with van der Waals surface area (Å²) in [6, 6.07) is 9.33. The van der Waals surface area contributed by atoms with Gasteiger partial charge in [-0.2, -0.15) is 5.26 Å². The number of hydrogen-bond acceptors (Lipinski definition) is 5. The molecule has 0 spiro atoms. The molecule has 158 valence electrons. The Morgan fingerprint density at radius 2 is 1.93 bits per heavy atom. The summed E-state index contributed by atoms with van der Waals surface area (Å²) < 4.78 is 0. The molecule has 1 aromatic carbocycles. The molecule has 0 bridgehead atoms. The number of carbonyl (C=O) groups excluding carboxylic acids is 2. The summed E-state index contributed by atoms with van der Waals surface area (Å²) in [6.07, 6.45) is 5.54. The van der Waals surface area contributed by atoms with Crippen LogP contribution in [0.25, 0.3) is 0 Å². The minimum atomic E-state index is -0.195. The Bertz CT molecular complexity index is 967. The summed E-state index contributed by atoms with van der Waals surface area (Å²) in [6.45, 7) is 0.573. The van der Waals surface area contributed by atoms with Crippen LogP contribution in [-0.2, 0) is 22.4 Å². The molecule has 2 amide bonds. The van der Waals surface area contributed by atoms with Crippen molar-refractivity contribution in [2.24, 2.45) is 0 Å². The quantitative estimate of drug-likeness (QED) is 0.618. The first-order valence-electron chi connectivity index (χ1n) is 10.1. The molecule has 6 nitrogen and oxygen atoms in total. The standard InChI is InChI=1S/C22H25ClN4O2S/c1-27(14-21(29)25-18-9-6-5-8-17(18)23)12-11-20(28)26-22-16(13-24)15-7-3-2-4-10-19(15)30-22/h5-6,8-9H,2-4,7,10-12,14H2,1H3,(H,25,29)(H,26,28). The molecular weight excluding hydrogens is 420 g/mol. The van der Waals surface area contributed by atoms with E-state index in [1.54, 1.807) is 36.2 Å². The number of benzene rings is 1. The molecule has 0 saturated carbocycles. The van der Waals surface area contributed by atoms with Crippen LogP contribution in [0.2, 0.25) is 5.02 Å². The van der Waals surface area contributed by atoms with Crippen molar-refractivity contribution in [2.45, 2.75) is 38.5 Å². The average molecular weight is 445 g/mol. The van der Waals surface area contributed by atoms with Crippen molar-refractivity contribution in [2.75, 3.05) is 30.8 Å². The number of rotatable bonds is 7.